The third kappa shape index (κ3) is 2.35. The molecule has 0 saturated carbocycles. The summed E-state index contributed by atoms with van der Waals surface area (Å²) in [6.07, 6.45) is -0.0783. The Kier molecular flexibility index (Phi) is 3.61. The van der Waals surface area contributed by atoms with E-state index in [1.165, 1.54) is 5.56 Å². The Morgan fingerprint density at radius 1 is 0.955 bits per heavy atom. The van der Waals surface area contributed by atoms with Gasteiger partial charge in [0.15, 0.2) is 11.5 Å². The van der Waals surface area contributed by atoms with E-state index in [4.69, 9.17) is 14.2 Å². The molecule has 1 aliphatic heterocycles. The van der Waals surface area contributed by atoms with Gasteiger partial charge >= 0.3 is 0 Å². The third-order valence-corrected chi connectivity index (χ3v) is 4.28. The number of benzene rings is 2. The number of ether oxygens (including phenoxy) is 3. The first-order chi connectivity index (χ1) is 10.5. The van der Waals surface area contributed by atoms with Crippen molar-refractivity contribution >= 4 is 0 Å². The van der Waals surface area contributed by atoms with Crippen LogP contribution in [0.4, 0.5) is 0 Å². The second-order valence-electron chi connectivity index (χ2n) is 6.21. The van der Waals surface area contributed by atoms with Crippen LogP contribution in [0.25, 0.3) is 0 Å². The van der Waals surface area contributed by atoms with Gasteiger partial charge in [-0.1, -0.05) is 29.8 Å². The van der Waals surface area contributed by atoms with Crippen molar-refractivity contribution in [3.63, 3.8) is 0 Å². The fraction of sp³-hybridized carbons (Fsp3) is 0.368. The zero-order valence-corrected chi connectivity index (χ0v) is 13.8. The zero-order chi connectivity index (χ0) is 15.9. The monoisotopic (exact) mass is 298 g/mol. The number of hydrogen-bond acceptors (Lipinski definition) is 3. The first-order valence-corrected chi connectivity index (χ1v) is 7.47. The van der Waals surface area contributed by atoms with Gasteiger partial charge in [0, 0.05) is 0 Å². The predicted octanol–water partition coefficient (Wildman–Crippen LogP) is 4.37. The van der Waals surface area contributed by atoms with Gasteiger partial charge in [0.25, 0.3) is 0 Å². The van der Waals surface area contributed by atoms with Crippen LogP contribution in [0.15, 0.2) is 36.4 Å². The quantitative estimate of drug-likeness (QED) is 0.842. The van der Waals surface area contributed by atoms with E-state index in [9.17, 15) is 0 Å². The summed E-state index contributed by atoms with van der Waals surface area (Å²) in [4.78, 5) is 0. The van der Waals surface area contributed by atoms with Crippen LogP contribution in [-0.2, 0) is 10.3 Å². The van der Waals surface area contributed by atoms with E-state index < -0.39 is 0 Å². The minimum Gasteiger partial charge on any atom is -0.493 e. The normalized spacial score (nSPS) is 18.9. The van der Waals surface area contributed by atoms with Crippen LogP contribution in [0.5, 0.6) is 11.5 Å². The molecule has 3 nitrogen and oxygen atoms in total. The first kappa shape index (κ1) is 14.9. The van der Waals surface area contributed by atoms with E-state index in [0.29, 0.717) is 0 Å². The van der Waals surface area contributed by atoms with Crippen LogP contribution in [0.3, 0.4) is 0 Å². The summed E-state index contributed by atoms with van der Waals surface area (Å²) >= 11 is 0. The lowest BCUT2D eigenvalue weighted by molar-refractivity contribution is -0.0341. The summed E-state index contributed by atoms with van der Waals surface area (Å²) in [6.45, 7) is 6.27. The standard InChI is InChI=1S/C19H22O3/c1-12-6-8-13(9-7-12)18-14-10-16(20-4)17(21-5)11-15(14)19(2,3)22-18/h6-11,18H,1-5H3/t18-/m0/s1. The zero-order valence-electron chi connectivity index (χ0n) is 13.8. The molecule has 0 amide bonds. The first-order valence-electron chi connectivity index (χ1n) is 7.47. The molecular weight excluding hydrogens is 276 g/mol. The Morgan fingerprint density at radius 3 is 2.14 bits per heavy atom. The van der Waals surface area contributed by atoms with Crippen LogP contribution >= 0.6 is 0 Å². The average molecular weight is 298 g/mol. The Labute approximate surface area is 131 Å². The molecule has 3 heteroatoms. The summed E-state index contributed by atoms with van der Waals surface area (Å²) in [5, 5.41) is 0. The van der Waals surface area contributed by atoms with Crippen LogP contribution in [0.1, 0.15) is 42.2 Å². The molecular formula is C19H22O3. The van der Waals surface area contributed by atoms with Crippen molar-refractivity contribution in [1.29, 1.82) is 0 Å². The van der Waals surface area contributed by atoms with E-state index in [1.807, 2.05) is 12.1 Å². The molecule has 3 rings (SSSR count). The number of methoxy groups -OCH3 is 2. The van der Waals surface area contributed by atoms with Crippen molar-refractivity contribution in [3.05, 3.63) is 58.7 Å². The highest BCUT2D eigenvalue weighted by Crippen LogP contribution is 2.49. The van der Waals surface area contributed by atoms with E-state index in [1.54, 1.807) is 14.2 Å². The van der Waals surface area contributed by atoms with Gasteiger partial charge in [-0.15, -0.1) is 0 Å². The summed E-state index contributed by atoms with van der Waals surface area (Å²) in [6, 6.07) is 12.6. The fourth-order valence-corrected chi connectivity index (χ4v) is 3.04. The maximum Gasteiger partial charge on any atom is 0.161 e. The van der Waals surface area contributed by atoms with Gasteiger partial charge in [0.05, 0.1) is 19.8 Å². The molecule has 116 valence electrons. The highest BCUT2D eigenvalue weighted by atomic mass is 16.5. The van der Waals surface area contributed by atoms with Crippen molar-refractivity contribution in [2.24, 2.45) is 0 Å². The second kappa shape index (κ2) is 5.33. The Hall–Kier alpha value is -2.00. The molecule has 1 atom stereocenters. The van der Waals surface area contributed by atoms with Crippen molar-refractivity contribution in [2.45, 2.75) is 32.5 Å². The molecule has 0 fully saturated rings. The van der Waals surface area contributed by atoms with Gasteiger partial charge in [-0.3, -0.25) is 0 Å². The molecule has 0 radical (unpaired) electrons. The van der Waals surface area contributed by atoms with Crippen LogP contribution < -0.4 is 9.47 Å². The molecule has 2 aromatic rings. The molecule has 1 aliphatic rings. The minimum absolute atomic E-state index is 0.0783. The molecule has 0 unspecified atom stereocenters. The maximum atomic E-state index is 6.33. The maximum absolute atomic E-state index is 6.33. The van der Waals surface area contributed by atoms with E-state index in [0.717, 1.165) is 28.2 Å². The van der Waals surface area contributed by atoms with Crippen LogP contribution in [-0.4, -0.2) is 14.2 Å². The summed E-state index contributed by atoms with van der Waals surface area (Å²) in [5.74, 6) is 1.47. The minimum atomic E-state index is -0.357. The summed E-state index contributed by atoms with van der Waals surface area (Å²) in [7, 11) is 3.32. The lowest BCUT2D eigenvalue weighted by Crippen LogP contribution is -2.16. The number of hydrogen-bond donors (Lipinski definition) is 0. The molecule has 2 aromatic carbocycles. The van der Waals surface area contributed by atoms with Crippen LogP contribution in [0.2, 0.25) is 0 Å². The SMILES string of the molecule is COc1cc2c(cc1OC)C(C)(C)O[C@H]2c1ccc(C)cc1. The van der Waals surface area contributed by atoms with Gasteiger partial charge in [0.2, 0.25) is 0 Å². The molecule has 0 aliphatic carbocycles. The Balaban J connectivity index is 2.14. The highest BCUT2D eigenvalue weighted by Gasteiger charge is 2.39. The average Bonchev–Trinajstić information content (AvgIpc) is 2.77. The lowest BCUT2D eigenvalue weighted by atomic mass is 9.92. The molecule has 22 heavy (non-hydrogen) atoms. The lowest BCUT2D eigenvalue weighted by Gasteiger charge is -2.21. The molecule has 0 spiro atoms. The number of rotatable bonds is 3. The Morgan fingerprint density at radius 2 is 1.55 bits per heavy atom. The van der Waals surface area contributed by atoms with E-state index in [2.05, 4.69) is 45.0 Å². The molecule has 0 N–H and O–H groups in total. The highest BCUT2D eigenvalue weighted by molar-refractivity contribution is 5.53. The fourth-order valence-electron chi connectivity index (χ4n) is 3.04. The molecule has 0 saturated heterocycles. The van der Waals surface area contributed by atoms with Gasteiger partial charge < -0.3 is 14.2 Å². The van der Waals surface area contributed by atoms with Crippen LogP contribution in [0, 0.1) is 6.92 Å². The van der Waals surface area contributed by atoms with Gasteiger partial charge in [0.1, 0.15) is 6.10 Å². The summed E-state index contributed by atoms with van der Waals surface area (Å²) in [5.41, 5.74) is 4.34. The van der Waals surface area contributed by atoms with E-state index >= 15 is 0 Å². The largest absolute Gasteiger partial charge is 0.493 e. The molecule has 0 bridgehead atoms. The number of fused-ring (bicyclic) bond motifs is 1. The number of aryl methyl sites for hydroxylation is 1. The third-order valence-electron chi connectivity index (χ3n) is 4.28. The van der Waals surface area contributed by atoms with Crippen molar-refractivity contribution in [1.82, 2.24) is 0 Å². The van der Waals surface area contributed by atoms with Crippen molar-refractivity contribution in [2.75, 3.05) is 14.2 Å². The van der Waals surface area contributed by atoms with Gasteiger partial charge in [-0.05, 0) is 49.6 Å². The smallest absolute Gasteiger partial charge is 0.161 e. The molecule has 1 heterocycles. The topological polar surface area (TPSA) is 27.7 Å². The van der Waals surface area contributed by atoms with Crippen molar-refractivity contribution in [3.8, 4) is 11.5 Å². The summed E-state index contributed by atoms with van der Waals surface area (Å²) < 4.78 is 17.2. The molecule has 0 aromatic heterocycles. The second-order valence-corrected chi connectivity index (χ2v) is 6.21. The Bertz CT molecular complexity index is 687. The van der Waals surface area contributed by atoms with Gasteiger partial charge in [-0.25, -0.2) is 0 Å². The van der Waals surface area contributed by atoms with Crippen molar-refractivity contribution < 1.29 is 14.2 Å². The predicted molar refractivity (Wildman–Crippen MR) is 86.7 cm³/mol. The van der Waals surface area contributed by atoms with Gasteiger partial charge in [-0.2, -0.15) is 0 Å². The van der Waals surface area contributed by atoms with E-state index in [-0.39, 0.29) is 11.7 Å².